The van der Waals surface area contributed by atoms with Crippen LogP contribution in [0.15, 0.2) is 0 Å². The van der Waals surface area contributed by atoms with Crippen LogP contribution in [0.5, 0.6) is 0 Å². The number of esters is 1. The van der Waals surface area contributed by atoms with Crippen LogP contribution in [0.3, 0.4) is 0 Å². The number of hydrogen-bond donors (Lipinski definition) is 2. The standard InChI is InChI=1S/C14H25NO5/c1-13(2,3)18-10(17)6-8-11-12(9(7-16)15-8)20-14(4,5)19-11/h8-9,11-12,15-16H,6-7H2,1-5H3. The summed E-state index contributed by atoms with van der Waals surface area (Å²) in [4.78, 5) is 11.9. The molecular weight excluding hydrogens is 262 g/mol. The van der Waals surface area contributed by atoms with Crippen molar-refractivity contribution in [1.82, 2.24) is 5.32 Å². The Balaban J connectivity index is 2.00. The van der Waals surface area contributed by atoms with E-state index in [1.807, 2.05) is 34.6 Å². The fourth-order valence-corrected chi connectivity index (χ4v) is 2.80. The van der Waals surface area contributed by atoms with E-state index in [0.717, 1.165) is 0 Å². The molecule has 2 N–H and O–H groups in total. The molecule has 0 aromatic rings. The largest absolute Gasteiger partial charge is 0.460 e. The molecule has 6 heteroatoms. The van der Waals surface area contributed by atoms with E-state index in [9.17, 15) is 9.90 Å². The van der Waals surface area contributed by atoms with Gasteiger partial charge in [-0.3, -0.25) is 4.79 Å². The van der Waals surface area contributed by atoms with Crippen LogP contribution in [-0.2, 0) is 19.0 Å². The van der Waals surface area contributed by atoms with E-state index in [1.54, 1.807) is 0 Å². The number of fused-ring (bicyclic) bond motifs is 1. The Bertz CT molecular complexity index is 376. The molecule has 20 heavy (non-hydrogen) atoms. The highest BCUT2D eigenvalue weighted by Gasteiger charge is 2.54. The smallest absolute Gasteiger partial charge is 0.307 e. The number of nitrogens with one attached hydrogen (secondary N) is 1. The third-order valence-electron chi connectivity index (χ3n) is 3.39. The molecule has 116 valence electrons. The summed E-state index contributed by atoms with van der Waals surface area (Å²) in [6.07, 6.45) is -0.272. The van der Waals surface area contributed by atoms with Gasteiger partial charge in [-0.15, -0.1) is 0 Å². The first-order valence-corrected chi connectivity index (χ1v) is 7.06. The number of carbonyl (C=O) groups excluding carboxylic acids is 1. The van der Waals surface area contributed by atoms with Crippen LogP contribution in [0.1, 0.15) is 41.0 Å². The fraction of sp³-hybridized carbons (Fsp3) is 0.929. The lowest BCUT2D eigenvalue weighted by Crippen LogP contribution is -2.42. The normalized spacial score (nSPS) is 35.9. The number of ether oxygens (including phenoxy) is 3. The van der Waals surface area contributed by atoms with Gasteiger partial charge in [0.25, 0.3) is 0 Å². The molecule has 6 nitrogen and oxygen atoms in total. The molecule has 0 aliphatic carbocycles. The van der Waals surface area contributed by atoms with E-state index in [0.29, 0.717) is 0 Å². The summed E-state index contributed by atoms with van der Waals surface area (Å²) >= 11 is 0. The van der Waals surface area contributed by atoms with Gasteiger partial charge >= 0.3 is 5.97 Å². The molecule has 2 fully saturated rings. The Morgan fingerprint density at radius 1 is 1.25 bits per heavy atom. The summed E-state index contributed by atoms with van der Waals surface area (Å²) in [6, 6.07) is -0.414. The zero-order chi connectivity index (χ0) is 15.1. The molecule has 4 atom stereocenters. The van der Waals surface area contributed by atoms with Crippen molar-refractivity contribution < 1.29 is 24.1 Å². The fourth-order valence-electron chi connectivity index (χ4n) is 2.80. The van der Waals surface area contributed by atoms with Crippen molar-refractivity contribution in [2.24, 2.45) is 0 Å². The van der Waals surface area contributed by atoms with Gasteiger partial charge < -0.3 is 24.6 Å². The molecule has 0 saturated carbocycles. The average molecular weight is 287 g/mol. The first kappa shape index (κ1) is 15.7. The highest BCUT2D eigenvalue weighted by molar-refractivity contribution is 5.70. The van der Waals surface area contributed by atoms with Crippen LogP contribution < -0.4 is 5.32 Å². The van der Waals surface area contributed by atoms with Gasteiger partial charge in [0, 0.05) is 6.04 Å². The zero-order valence-electron chi connectivity index (χ0n) is 12.8. The molecule has 0 amide bonds. The lowest BCUT2D eigenvalue weighted by Gasteiger charge is -2.25. The van der Waals surface area contributed by atoms with E-state index in [4.69, 9.17) is 14.2 Å². The lowest BCUT2D eigenvalue weighted by atomic mass is 10.1. The second kappa shape index (κ2) is 5.26. The molecule has 0 spiro atoms. The Hall–Kier alpha value is -0.690. The molecular formula is C14H25NO5. The van der Waals surface area contributed by atoms with Gasteiger partial charge in [-0.1, -0.05) is 0 Å². The van der Waals surface area contributed by atoms with Crippen molar-refractivity contribution >= 4 is 5.97 Å². The summed E-state index contributed by atoms with van der Waals surface area (Å²) in [7, 11) is 0. The van der Waals surface area contributed by atoms with E-state index < -0.39 is 11.4 Å². The summed E-state index contributed by atoms with van der Waals surface area (Å²) < 4.78 is 17.0. The van der Waals surface area contributed by atoms with Gasteiger partial charge in [0.15, 0.2) is 5.79 Å². The minimum absolute atomic E-state index is 0.0502. The van der Waals surface area contributed by atoms with E-state index in [2.05, 4.69) is 5.32 Å². The number of hydrogen-bond acceptors (Lipinski definition) is 6. The SMILES string of the molecule is CC(C)(C)OC(=O)CC1NC(CO)C2OC(C)(C)OC12. The highest BCUT2D eigenvalue weighted by Crippen LogP contribution is 2.36. The minimum Gasteiger partial charge on any atom is -0.460 e. The minimum atomic E-state index is -0.683. The summed E-state index contributed by atoms with van der Waals surface area (Å²) in [5, 5.41) is 12.6. The molecule has 0 aromatic carbocycles. The van der Waals surface area contributed by atoms with Crippen molar-refractivity contribution in [3.8, 4) is 0 Å². The van der Waals surface area contributed by atoms with Crippen molar-refractivity contribution in [2.75, 3.05) is 6.61 Å². The van der Waals surface area contributed by atoms with Gasteiger partial charge in [-0.05, 0) is 34.6 Å². The van der Waals surface area contributed by atoms with E-state index in [-0.39, 0.29) is 43.3 Å². The van der Waals surface area contributed by atoms with Crippen LogP contribution in [0, 0.1) is 0 Å². The van der Waals surface area contributed by atoms with Gasteiger partial charge in [-0.2, -0.15) is 0 Å². The van der Waals surface area contributed by atoms with Crippen LogP contribution >= 0.6 is 0 Å². The Morgan fingerprint density at radius 2 is 1.80 bits per heavy atom. The molecule has 4 unspecified atom stereocenters. The van der Waals surface area contributed by atoms with Crippen molar-refractivity contribution in [3.05, 3.63) is 0 Å². The number of aliphatic hydroxyl groups excluding tert-OH is 1. The first-order valence-electron chi connectivity index (χ1n) is 7.06. The maximum absolute atomic E-state index is 11.9. The molecule has 0 bridgehead atoms. The predicted octanol–water partition coefficient (Wildman–Crippen LogP) is 0.571. The molecule has 2 rings (SSSR count). The number of aliphatic hydroxyl groups is 1. The average Bonchev–Trinajstić information content (AvgIpc) is 2.70. The topological polar surface area (TPSA) is 77.0 Å². The molecule has 0 aromatic heterocycles. The summed E-state index contributed by atoms with van der Waals surface area (Å²) in [5.41, 5.74) is -0.502. The van der Waals surface area contributed by atoms with Gasteiger partial charge in [0.1, 0.15) is 17.8 Å². The van der Waals surface area contributed by atoms with Gasteiger partial charge in [-0.25, -0.2) is 0 Å². The van der Waals surface area contributed by atoms with Gasteiger partial charge in [0.05, 0.1) is 19.1 Å². The third kappa shape index (κ3) is 3.49. The molecule has 0 radical (unpaired) electrons. The van der Waals surface area contributed by atoms with Crippen LogP contribution in [-0.4, -0.2) is 53.4 Å². The molecule has 2 aliphatic heterocycles. The number of carbonyl (C=O) groups is 1. The van der Waals surface area contributed by atoms with Gasteiger partial charge in [0.2, 0.25) is 0 Å². The third-order valence-corrected chi connectivity index (χ3v) is 3.39. The van der Waals surface area contributed by atoms with E-state index >= 15 is 0 Å². The van der Waals surface area contributed by atoms with E-state index in [1.165, 1.54) is 0 Å². The Kier molecular flexibility index (Phi) is 4.12. The lowest BCUT2D eigenvalue weighted by molar-refractivity contribution is -0.164. The second-order valence-electron chi connectivity index (χ2n) is 6.92. The van der Waals surface area contributed by atoms with Crippen LogP contribution in [0.25, 0.3) is 0 Å². The monoisotopic (exact) mass is 287 g/mol. The van der Waals surface area contributed by atoms with Crippen molar-refractivity contribution in [2.45, 2.75) is 76.7 Å². The second-order valence-corrected chi connectivity index (χ2v) is 6.92. The maximum atomic E-state index is 11.9. The predicted molar refractivity (Wildman–Crippen MR) is 72.1 cm³/mol. The Labute approximate surface area is 119 Å². The molecule has 2 heterocycles. The summed E-state index contributed by atoms with van der Waals surface area (Å²) in [6.45, 7) is 9.14. The molecule has 2 saturated heterocycles. The van der Waals surface area contributed by atoms with Crippen LogP contribution in [0.4, 0.5) is 0 Å². The summed E-state index contributed by atoms with van der Waals surface area (Å²) in [5.74, 6) is -0.961. The molecule has 2 aliphatic rings. The van der Waals surface area contributed by atoms with Crippen molar-refractivity contribution in [1.29, 1.82) is 0 Å². The quantitative estimate of drug-likeness (QED) is 0.739. The van der Waals surface area contributed by atoms with Crippen LogP contribution in [0.2, 0.25) is 0 Å². The van der Waals surface area contributed by atoms with Crippen molar-refractivity contribution in [3.63, 3.8) is 0 Å². The zero-order valence-corrected chi connectivity index (χ0v) is 12.8. The highest BCUT2D eigenvalue weighted by atomic mass is 16.8. The number of rotatable bonds is 3. The maximum Gasteiger partial charge on any atom is 0.307 e. The first-order chi connectivity index (χ1) is 9.11. The Morgan fingerprint density at radius 3 is 2.30 bits per heavy atom.